The molecule has 4 fully saturated rings. The zero-order chi connectivity index (χ0) is 21.4. The number of carbonyl (C=O) groups excluding carboxylic acids is 1. The lowest BCUT2D eigenvalue weighted by Crippen LogP contribution is -2.49. The molecular formula is C27H29FO3. The minimum Gasteiger partial charge on any atom is -0.496 e. The van der Waals surface area contributed by atoms with Gasteiger partial charge in [-0.1, -0.05) is 24.3 Å². The van der Waals surface area contributed by atoms with Crippen LogP contribution in [0.25, 0.3) is 6.08 Å². The van der Waals surface area contributed by atoms with Crippen LogP contribution in [0.4, 0.5) is 4.39 Å². The molecule has 4 aliphatic carbocycles. The van der Waals surface area contributed by atoms with E-state index in [1.807, 2.05) is 24.3 Å². The van der Waals surface area contributed by atoms with E-state index in [1.165, 1.54) is 25.3 Å². The lowest BCUT2D eigenvalue weighted by Gasteiger charge is -2.55. The molecule has 162 valence electrons. The van der Waals surface area contributed by atoms with Gasteiger partial charge in [-0.2, -0.15) is 0 Å². The molecule has 0 saturated heterocycles. The van der Waals surface area contributed by atoms with Crippen LogP contribution in [-0.2, 0) is 11.4 Å². The first-order chi connectivity index (χ1) is 15.0. The van der Waals surface area contributed by atoms with Crippen molar-refractivity contribution in [2.24, 2.45) is 23.2 Å². The van der Waals surface area contributed by atoms with Crippen molar-refractivity contribution in [1.82, 2.24) is 0 Å². The molecule has 2 aromatic rings. The Morgan fingerprint density at radius 3 is 2.35 bits per heavy atom. The zero-order valence-corrected chi connectivity index (χ0v) is 18.0. The summed E-state index contributed by atoms with van der Waals surface area (Å²) in [6.45, 7) is 0.189. The van der Waals surface area contributed by atoms with Gasteiger partial charge in [-0.05, 0) is 92.2 Å². The number of halogens is 1. The van der Waals surface area contributed by atoms with Crippen LogP contribution >= 0.6 is 0 Å². The fourth-order valence-corrected chi connectivity index (χ4v) is 6.49. The summed E-state index contributed by atoms with van der Waals surface area (Å²) in [5.41, 5.74) is 1.62. The van der Waals surface area contributed by atoms with Gasteiger partial charge in [-0.25, -0.2) is 4.39 Å². The van der Waals surface area contributed by atoms with Crippen molar-refractivity contribution < 1.29 is 18.7 Å². The highest BCUT2D eigenvalue weighted by Crippen LogP contribution is 2.60. The van der Waals surface area contributed by atoms with Crippen LogP contribution in [0.2, 0.25) is 0 Å². The topological polar surface area (TPSA) is 35.5 Å². The van der Waals surface area contributed by atoms with Crippen LogP contribution in [-0.4, -0.2) is 12.9 Å². The van der Waals surface area contributed by atoms with Crippen LogP contribution in [0.3, 0.4) is 0 Å². The average Bonchev–Trinajstić information content (AvgIpc) is 2.76. The fourth-order valence-electron chi connectivity index (χ4n) is 6.49. The highest BCUT2D eigenvalue weighted by molar-refractivity contribution is 5.98. The van der Waals surface area contributed by atoms with E-state index in [1.54, 1.807) is 31.4 Å². The molecule has 0 amide bonds. The van der Waals surface area contributed by atoms with Crippen LogP contribution in [0.15, 0.2) is 48.5 Å². The number of benzene rings is 2. The van der Waals surface area contributed by atoms with E-state index in [2.05, 4.69) is 0 Å². The molecule has 0 unspecified atom stereocenters. The lowest BCUT2D eigenvalue weighted by atomic mass is 9.48. The van der Waals surface area contributed by atoms with Crippen molar-refractivity contribution in [1.29, 1.82) is 0 Å². The Morgan fingerprint density at radius 1 is 1.03 bits per heavy atom. The van der Waals surface area contributed by atoms with E-state index in [-0.39, 0.29) is 17.8 Å². The van der Waals surface area contributed by atoms with Gasteiger partial charge in [-0.15, -0.1) is 0 Å². The second kappa shape index (κ2) is 8.14. The number of hydrogen-bond acceptors (Lipinski definition) is 3. The number of ether oxygens (including phenoxy) is 2. The molecule has 6 rings (SSSR count). The van der Waals surface area contributed by atoms with Gasteiger partial charge in [0, 0.05) is 11.0 Å². The van der Waals surface area contributed by atoms with Gasteiger partial charge >= 0.3 is 0 Å². The summed E-state index contributed by atoms with van der Waals surface area (Å²) < 4.78 is 25.0. The second-order valence-corrected chi connectivity index (χ2v) is 9.69. The maximum Gasteiger partial charge on any atom is 0.165 e. The Bertz CT molecular complexity index is 974. The summed E-state index contributed by atoms with van der Waals surface area (Å²) in [5.74, 6) is 3.07. The van der Waals surface area contributed by atoms with Crippen LogP contribution in [0.1, 0.15) is 49.7 Å². The van der Waals surface area contributed by atoms with E-state index >= 15 is 0 Å². The fraction of sp³-hybridized carbons (Fsp3) is 0.444. The van der Waals surface area contributed by atoms with Gasteiger partial charge < -0.3 is 9.47 Å². The third kappa shape index (κ3) is 4.00. The molecule has 0 aliphatic heterocycles. The number of methoxy groups -OCH3 is 1. The third-order valence-corrected chi connectivity index (χ3v) is 7.51. The SMILES string of the molecule is COc1ccc(/C=C/C(=O)C23CC4CC(CC(C4)C2)C3)cc1COc1ccccc1F. The molecule has 0 radical (unpaired) electrons. The van der Waals surface area contributed by atoms with Gasteiger partial charge in [-0.3, -0.25) is 4.79 Å². The largest absolute Gasteiger partial charge is 0.496 e. The third-order valence-electron chi connectivity index (χ3n) is 7.51. The highest BCUT2D eigenvalue weighted by Gasteiger charge is 2.53. The summed E-state index contributed by atoms with van der Waals surface area (Å²) in [6.07, 6.45) is 10.9. The normalized spacial score (nSPS) is 28.8. The van der Waals surface area contributed by atoms with Crippen LogP contribution < -0.4 is 9.47 Å². The molecule has 4 saturated carbocycles. The molecule has 0 spiro atoms. The smallest absolute Gasteiger partial charge is 0.165 e. The molecule has 4 aliphatic rings. The number of ketones is 1. The first-order valence-corrected chi connectivity index (χ1v) is 11.3. The molecular weight excluding hydrogens is 391 g/mol. The molecule has 0 atom stereocenters. The van der Waals surface area contributed by atoms with Gasteiger partial charge in [0.1, 0.15) is 12.4 Å². The maximum atomic E-state index is 13.9. The van der Waals surface area contributed by atoms with Crippen LogP contribution in [0.5, 0.6) is 11.5 Å². The summed E-state index contributed by atoms with van der Waals surface area (Å²) in [5, 5.41) is 0. The predicted molar refractivity (Wildman–Crippen MR) is 118 cm³/mol. The summed E-state index contributed by atoms with van der Waals surface area (Å²) in [6, 6.07) is 12.1. The zero-order valence-electron chi connectivity index (χ0n) is 18.0. The van der Waals surface area contributed by atoms with Gasteiger partial charge in [0.15, 0.2) is 17.3 Å². The molecule has 2 aromatic carbocycles. The van der Waals surface area contributed by atoms with Gasteiger partial charge in [0.2, 0.25) is 0 Å². The number of carbonyl (C=O) groups is 1. The van der Waals surface area contributed by atoms with Crippen molar-refractivity contribution in [3.05, 3.63) is 65.5 Å². The average molecular weight is 421 g/mol. The molecule has 3 nitrogen and oxygen atoms in total. The second-order valence-electron chi connectivity index (χ2n) is 9.69. The molecule has 0 aromatic heterocycles. The number of rotatable bonds is 7. The van der Waals surface area contributed by atoms with Crippen molar-refractivity contribution in [3.8, 4) is 11.5 Å². The quantitative estimate of drug-likeness (QED) is 0.500. The number of hydrogen-bond donors (Lipinski definition) is 0. The molecule has 4 heteroatoms. The Labute approximate surface area is 183 Å². The van der Waals surface area contributed by atoms with Crippen molar-refractivity contribution in [2.45, 2.75) is 45.1 Å². The Morgan fingerprint density at radius 2 is 1.71 bits per heavy atom. The predicted octanol–water partition coefficient (Wildman–Crippen LogP) is 6.21. The maximum absolute atomic E-state index is 13.9. The Balaban J connectivity index is 1.31. The van der Waals surface area contributed by atoms with Crippen molar-refractivity contribution in [2.75, 3.05) is 7.11 Å². The minimum atomic E-state index is -0.390. The van der Waals surface area contributed by atoms with E-state index < -0.39 is 5.82 Å². The van der Waals surface area contributed by atoms with Crippen molar-refractivity contribution >= 4 is 11.9 Å². The highest BCUT2D eigenvalue weighted by atomic mass is 19.1. The van der Waals surface area contributed by atoms with E-state index in [9.17, 15) is 9.18 Å². The first kappa shape index (κ1) is 20.3. The van der Waals surface area contributed by atoms with E-state index in [4.69, 9.17) is 9.47 Å². The number of para-hydroxylation sites is 1. The van der Waals surface area contributed by atoms with Crippen molar-refractivity contribution in [3.63, 3.8) is 0 Å². The monoisotopic (exact) mass is 420 g/mol. The molecule has 4 bridgehead atoms. The first-order valence-electron chi connectivity index (χ1n) is 11.3. The van der Waals surface area contributed by atoms with Crippen LogP contribution in [0, 0.1) is 29.0 Å². The molecule has 0 N–H and O–H groups in total. The van der Waals surface area contributed by atoms with Gasteiger partial charge in [0.05, 0.1) is 7.11 Å². The standard InChI is InChI=1S/C27H29FO3/c1-30-24-8-6-18(13-22(24)17-31-25-5-3-2-4-23(25)28)7-9-26(29)27-14-19-10-20(15-27)12-21(11-19)16-27/h2-9,13,19-21H,10-12,14-17H2,1H3/b9-7+. The molecule has 31 heavy (non-hydrogen) atoms. The Hall–Kier alpha value is -2.62. The number of allylic oxidation sites excluding steroid dienone is 1. The summed E-state index contributed by atoms with van der Waals surface area (Å²) in [7, 11) is 1.61. The van der Waals surface area contributed by atoms with E-state index in [0.29, 0.717) is 11.5 Å². The minimum absolute atomic E-state index is 0.117. The lowest BCUT2D eigenvalue weighted by molar-refractivity contribution is -0.138. The van der Waals surface area contributed by atoms with E-state index in [0.717, 1.165) is 48.1 Å². The summed E-state index contributed by atoms with van der Waals surface area (Å²) in [4.78, 5) is 13.2. The Kier molecular flexibility index (Phi) is 5.33. The van der Waals surface area contributed by atoms with Gasteiger partial charge in [0.25, 0.3) is 0 Å². The molecule has 0 heterocycles. The summed E-state index contributed by atoms with van der Waals surface area (Å²) >= 11 is 0.